The molecule has 35 heavy (non-hydrogen) atoms. The van der Waals surface area contributed by atoms with Crippen molar-refractivity contribution in [1.29, 1.82) is 5.26 Å². The molecule has 5 aromatic rings. The maximum Gasteiger partial charge on any atom is 0.209 e. The van der Waals surface area contributed by atoms with E-state index in [1.54, 1.807) is 42.2 Å². The van der Waals surface area contributed by atoms with E-state index in [1.807, 2.05) is 41.1 Å². The number of thioether (sulfide) groups is 1. The predicted octanol–water partition coefficient (Wildman–Crippen LogP) is 6.04. The van der Waals surface area contributed by atoms with E-state index in [1.165, 1.54) is 10.4 Å². The molecular weight excluding hydrogens is 501 g/mol. The first-order valence-corrected chi connectivity index (χ1v) is 12.3. The molecule has 0 atom stereocenters. The van der Waals surface area contributed by atoms with Crippen molar-refractivity contribution >= 4 is 35.0 Å². The summed E-state index contributed by atoms with van der Waals surface area (Å²) in [6, 6.07) is 25.0. The number of hydrogen-bond donors (Lipinski definition) is 0. The second kappa shape index (κ2) is 10.3. The van der Waals surface area contributed by atoms with Crippen LogP contribution in [0.4, 0.5) is 0 Å². The fourth-order valence-corrected chi connectivity index (χ4v) is 4.78. The Kier molecular flexibility index (Phi) is 6.82. The minimum atomic E-state index is 0.437. The normalized spacial score (nSPS) is 10.9. The standard InChI is InChI=1S/C25H17Cl2N7S/c26-22-11-10-20(12-23(22)27)34-25(35-16-19-4-2-1-3-5-19)21(14-29-34)24-30-32-33(31-24)15-18-8-6-17(13-28)7-9-18/h1-12,14H,15-16H2. The van der Waals surface area contributed by atoms with Crippen LogP contribution < -0.4 is 0 Å². The molecule has 0 amide bonds. The molecule has 3 aromatic carbocycles. The van der Waals surface area contributed by atoms with Crippen LogP contribution in [0.25, 0.3) is 17.1 Å². The van der Waals surface area contributed by atoms with Gasteiger partial charge < -0.3 is 0 Å². The number of rotatable bonds is 7. The number of hydrogen-bond acceptors (Lipinski definition) is 6. The number of nitriles is 1. The first kappa shape index (κ1) is 23.1. The number of halogens is 2. The van der Waals surface area contributed by atoms with Gasteiger partial charge in [-0.2, -0.15) is 15.2 Å². The molecular formula is C25H17Cl2N7S. The van der Waals surface area contributed by atoms with E-state index >= 15 is 0 Å². The first-order valence-electron chi connectivity index (χ1n) is 10.6. The summed E-state index contributed by atoms with van der Waals surface area (Å²) in [5, 5.41) is 28.5. The second-order valence-electron chi connectivity index (χ2n) is 7.60. The van der Waals surface area contributed by atoms with E-state index in [-0.39, 0.29) is 0 Å². The van der Waals surface area contributed by atoms with Crippen LogP contribution in [-0.2, 0) is 12.3 Å². The topological polar surface area (TPSA) is 85.2 Å². The second-order valence-corrected chi connectivity index (χ2v) is 9.38. The van der Waals surface area contributed by atoms with E-state index in [0.717, 1.165) is 27.6 Å². The third-order valence-corrected chi connectivity index (χ3v) is 7.07. The van der Waals surface area contributed by atoms with E-state index in [0.29, 0.717) is 28.0 Å². The zero-order valence-corrected chi connectivity index (χ0v) is 20.5. The van der Waals surface area contributed by atoms with Crippen LogP contribution in [0.3, 0.4) is 0 Å². The van der Waals surface area contributed by atoms with Crippen molar-refractivity contribution in [2.75, 3.05) is 0 Å². The largest absolute Gasteiger partial charge is 0.226 e. The molecule has 0 saturated carbocycles. The average Bonchev–Trinajstić information content (AvgIpc) is 3.52. The molecule has 172 valence electrons. The molecule has 7 nitrogen and oxygen atoms in total. The van der Waals surface area contributed by atoms with E-state index in [2.05, 4.69) is 38.7 Å². The smallest absolute Gasteiger partial charge is 0.209 e. The molecule has 0 saturated heterocycles. The van der Waals surface area contributed by atoms with Crippen LogP contribution >= 0.6 is 35.0 Å². The highest BCUT2D eigenvalue weighted by Gasteiger charge is 2.19. The lowest BCUT2D eigenvalue weighted by Gasteiger charge is -2.09. The highest BCUT2D eigenvalue weighted by molar-refractivity contribution is 7.98. The van der Waals surface area contributed by atoms with Gasteiger partial charge in [-0.3, -0.25) is 0 Å². The van der Waals surface area contributed by atoms with Crippen LogP contribution in [0.2, 0.25) is 10.0 Å². The third kappa shape index (κ3) is 5.23. The van der Waals surface area contributed by atoms with Gasteiger partial charge in [0.05, 0.1) is 45.7 Å². The number of benzene rings is 3. The Bertz CT molecular complexity index is 1510. The molecule has 0 N–H and O–H groups in total. The first-order chi connectivity index (χ1) is 17.1. The molecule has 0 spiro atoms. The molecule has 0 bridgehead atoms. The summed E-state index contributed by atoms with van der Waals surface area (Å²) < 4.78 is 1.81. The highest BCUT2D eigenvalue weighted by atomic mass is 35.5. The number of nitrogens with zero attached hydrogens (tertiary/aromatic N) is 7. The number of aromatic nitrogens is 6. The van der Waals surface area contributed by atoms with Crippen LogP contribution in [0.15, 0.2) is 84.0 Å². The van der Waals surface area contributed by atoms with Crippen molar-refractivity contribution < 1.29 is 0 Å². The maximum atomic E-state index is 8.99. The summed E-state index contributed by atoms with van der Waals surface area (Å²) in [5.74, 6) is 1.21. The van der Waals surface area contributed by atoms with Gasteiger partial charge in [-0.25, -0.2) is 4.68 Å². The van der Waals surface area contributed by atoms with Gasteiger partial charge in [-0.1, -0.05) is 65.7 Å². The summed E-state index contributed by atoms with van der Waals surface area (Å²) in [4.78, 5) is 1.53. The third-order valence-electron chi connectivity index (χ3n) is 5.19. The Hall–Kier alpha value is -3.64. The molecule has 2 aromatic heterocycles. The molecule has 5 rings (SSSR count). The maximum absolute atomic E-state index is 8.99. The molecule has 10 heteroatoms. The van der Waals surface area contributed by atoms with Gasteiger partial charge in [0.15, 0.2) is 0 Å². The molecule has 0 aliphatic rings. The fraction of sp³-hybridized carbons (Fsp3) is 0.0800. The van der Waals surface area contributed by atoms with Crippen molar-refractivity contribution in [3.05, 3.63) is 106 Å². The van der Waals surface area contributed by atoms with Gasteiger partial charge in [-0.15, -0.1) is 22.0 Å². The molecule has 0 radical (unpaired) electrons. The molecule has 2 heterocycles. The van der Waals surface area contributed by atoms with E-state index < -0.39 is 0 Å². The van der Waals surface area contributed by atoms with Crippen molar-refractivity contribution in [2.24, 2.45) is 0 Å². The van der Waals surface area contributed by atoms with Crippen LogP contribution in [-0.4, -0.2) is 30.0 Å². The van der Waals surface area contributed by atoms with E-state index in [4.69, 9.17) is 28.5 Å². The fourth-order valence-electron chi connectivity index (χ4n) is 3.42. The summed E-state index contributed by atoms with van der Waals surface area (Å²) >= 11 is 14.0. The van der Waals surface area contributed by atoms with Gasteiger partial charge in [0.1, 0.15) is 5.03 Å². The monoisotopic (exact) mass is 517 g/mol. The van der Waals surface area contributed by atoms with Gasteiger partial charge >= 0.3 is 0 Å². The van der Waals surface area contributed by atoms with Gasteiger partial charge in [-0.05, 0) is 46.7 Å². The van der Waals surface area contributed by atoms with Crippen molar-refractivity contribution in [3.8, 4) is 23.1 Å². The summed E-state index contributed by atoms with van der Waals surface area (Å²) in [6.07, 6.45) is 1.74. The molecule has 0 aliphatic carbocycles. The molecule has 0 fully saturated rings. The van der Waals surface area contributed by atoms with E-state index in [9.17, 15) is 0 Å². The molecule has 0 aliphatic heterocycles. The summed E-state index contributed by atoms with van der Waals surface area (Å²) in [7, 11) is 0. The van der Waals surface area contributed by atoms with Crippen LogP contribution in [0.1, 0.15) is 16.7 Å². The Labute approximate surface area is 215 Å². The Morgan fingerprint density at radius 1 is 0.914 bits per heavy atom. The van der Waals surface area contributed by atoms with Crippen molar-refractivity contribution in [1.82, 2.24) is 30.0 Å². The van der Waals surface area contributed by atoms with Gasteiger partial charge in [0.25, 0.3) is 0 Å². The predicted molar refractivity (Wildman–Crippen MR) is 137 cm³/mol. The Morgan fingerprint density at radius 3 is 2.46 bits per heavy atom. The Morgan fingerprint density at radius 2 is 1.71 bits per heavy atom. The SMILES string of the molecule is N#Cc1ccc(Cn2nnc(-c3cnn(-c4ccc(Cl)c(Cl)c4)c3SCc3ccccc3)n2)cc1. The summed E-state index contributed by atoms with van der Waals surface area (Å²) in [5.41, 5.74) is 4.31. The van der Waals surface area contributed by atoms with Crippen LogP contribution in [0, 0.1) is 11.3 Å². The quantitative estimate of drug-likeness (QED) is 0.244. The average molecular weight is 518 g/mol. The zero-order chi connectivity index (χ0) is 24.2. The van der Waals surface area contributed by atoms with Crippen molar-refractivity contribution in [3.63, 3.8) is 0 Å². The van der Waals surface area contributed by atoms with Gasteiger partial charge in [0.2, 0.25) is 5.82 Å². The van der Waals surface area contributed by atoms with Crippen molar-refractivity contribution in [2.45, 2.75) is 17.3 Å². The lowest BCUT2D eigenvalue weighted by Crippen LogP contribution is -2.04. The minimum Gasteiger partial charge on any atom is -0.226 e. The Balaban J connectivity index is 1.47. The lowest BCUT2D eigenvalue weighted by atomic mass is 10.1. The molecule has 0 unspecified atom stereocenters. The zero-order valence-electron chi connectivity index (χ0n) is 18.2. The summed E-state index contributed by atoms with van der Waals surface area (Å²) in [6.45, 7) is 0.437. The minimum absolute atomic E-state index is 0.437. The highest BCUT2D eigenvalue weighted by Crippen LogP contribution is 2.34. The lowest BCUT2D eigenvalue weighted by molar-refractivity contribution is 0.573. The van der Waals surface area contributed by atoms with Crippen LogP contribution in [0.5, 0.6) is 0 Å². The van der Waals surface area contributed by atoms with Gasteiger partial charge in [0, 0.05) is 5.75 Å². The number of tetrazole rings is 1.